The fourth-order valence-electron chi connectivity index (χ4n) is 1.84. The van der Waals surface area contributed by atoms with Crippen molar-refractivity contribution in [3.63, 3.8) is 0 Å². The van der Waals surface area contributed by atoms with Gasteiger partial charge in [-0.1, -0.05) is 37.7 Å². The number of hydrogen-bond donors (Lipinski definition) is 1. The van der Waals surface area contributed by atoms with Crippen LogP contribution in [0.4, 0.5) is 4.39 Å². The molecule has 1 aromatic carbocycles. The number of rotatable bonds is 3. The average Bonchev–Trinajstić information content (AvgIpc) is 2.78. The van der Waals surface area contributed by atoms with Crippen LogP contribution < -0.4 is 5.32 Å². The Bertz CT molecular complexity index is 428. The third-order valence-electron chi connectivity index (χ3n) is 3.13. The topological polar surface area (TPSA) is 24.4 Å². The highest BCUT2D eigenvalue weighted by Crippen LogP contribution is 2.27. The third-order valence-corrected chi connectivity index (χ3v) is 4.60. The summed E-state index contributed by atoms with van der Waals surface area (Å²) in [5.41, 5.74) is 1.08. The second-order valence-electron chi connectivity index (χ2n) is 4.96. The molecule has 98 valence electrons. The predicted molar refractivity (Wildman–Crippen MR) is 76.5 cm³/mol. The van der Waals surface area contributed by atoms with E-state index in [1.807, 2.05) is 23.9 Å². The van der Waals surface area contributed by atoms with Crippen LogP contribution in [0, 0.1) is 11.7 Å². The second-order valence-corrected chi connectivity index (χ2v) is 6.19. The largest absolute Gasteiger partial charge is 0.358 e. The van der Waals surface area contributed by atoms with Gasteiger partial charge in [-0.15, -0.1) is 0 Å². The van der Waals surface area contributed by atoms with Gasteiger partial charge in [-0.25, -0.2) is 4.39 Å². The molecule has 4 heteroatoms. The Morgan fingerprint density at radius 3 is 2.50 bits per heavy atom. The molecule has 0 aromatic heterocycles. The first-order valence-corrected chi connectivity index (χ1v) is 7.17. The summed E-state index contributed by atoms with van der Waals surface area (Å²) in [7, 11) is 0. The molecule has 2 atom stereocenters. The van der Waals surface area contributed by atoms with Crippen molar-refractivity contribution in [2.75, 3.05) is 6.54 Å². The first kappa shape index (κ1) is 13.4. The Hall–Kier alpha value is -1.03. The van der Waals surface area contributed by atoms with E-state index < -0.39 is 0 Å². The Balaban J connectivity index is 1.92. The van der Waals surface area contributed by atoms with E-state index in [1.54, 1.807) is 0 Å². The van der Waals surface area contributed by atoms with Crippen LogP contribution in [0.3, 0.4) is 0 Å². The van der Waals surface area contributed by atoms with Gasteiger partial charge in [0.15, 0.2) is 5.17 Å². The van der Waals surface area contributed by atoms with Crippen molar-refractivity contribution in [1.82, 2.24) is 5.32 Å². The van der Waals surface area contributed by atoms with Crippen LogP contribution in [0.1, 0.15) is 32.4 Å². The molecule has 1 heterocycles. The second kappa shape index (κ2) is 5.74. The van der Waals surface area contributed by atoms with Crippen LogP contribution in [-0.2, 0) is 0 Å². The highest BCUT2D eigenvalue weighted by molar-refractivity contribution is 8.14. The minimum Gasteiger partial charge on any atom is -0.358 e. The van der Waals surface area contributed by atoms with Crippen molar-refractivity contribution in [3.8, 4) is 0 Å². The number of halogens is 1. The summed E-state index contributed by atoms with van der Waals surface area (Å²) in [6.07, 6.45) is 0. The van der Waals surface area contributed by atoms with Gasteiger partial charge in [0, 0.05) is 5.25 Å². The lowest BCUT2D eigenvalue weighted by Crippen LogP contribution is -2.24. The van der Waals surface area contributed by atoms with Crippen molar-refractivity contribution >= 4 is 16.9 Å². The van der Waals surface area contributed by atoms with Crippen LogP contribution in [0.2, 0.25) is 0 Å². The number of benzene rings is 1. The van der Waals surface area contributed by atoms with E-state index in [1.165, 1.54) is 12.1 Å². The molecular weight excluding hydrogens is 247 g/mol. The molecule has 0 amide bonds. The molecule has 0 saturated carbocycles. The quantitative estimate of drug-likeness (QED) is 0.904. The molecule has 0 spiro atoms. The van der Waals surface area contributed by atoms with Crippen molar-refractivity contribution in [1.29, 1.82) is 0 Å². The SMILES string of the molecule is CC(NC1=NCC(C(C)C)S1)c1ccc(F)cc1. The third kappa shape index (κ3) is 3.25. The minimum absolute atomic E-state index is 0.155. The summed E-state index contributed by atoms with van der Waals surface area (Å²) in [4.78, 5) is 4.52. The van der Waals surface area contributed by atoms with E-state index >= 15 is 0 Å². The predicted octanol–water partition coefficient (Wildman–Crippen LogP) is 3.60. The van der Waals surface area contributed by atoms with E-state index in [-0.39, 0.29) is 11.9 Å². The normalized spacial score (nSPS) is 20.9. The summed E-state index contributed by atoms with van der Waals surface area (Å²) < 4.78 is 12.8. The molecule has 0 fully saturated rings. The van der Waals surface area contributed by atoms with Crippen LogP contribution >= 0.6 is 11.8 Å². The number of amidine groups is 1. The smallest absolute Gasteiger partial charge is 0.157 e. The Labute approximate surface area is 112 Å². The first-order chi connectivity index (χ1) is 8.56. The minimum atomic E-state index is -0.196. The monoisotopic (exact) mass is 266 g/mol. The molecule has 18 heavy (non-hydrogen) atoms. The van der Waals surface area contributed by atoms with Gasteiger partial charge in [-0.3, -0.25) is 4.99 Å². The lowest BCUT2D eigenvalue weighted by molar-refractivity contribution is 0.620. The Morgan fingerprint density at radius 1 is 1.28 bits per heavy atom. The van der Waals surface area contributed by atoms with Crippen molar-refractivity contribution in [2.24, 2.45) is 10.9 Å². The van der Waals surface area contributed by atoms with Gasteiger partial charge in [0.2, 0.25) is 0 Å². The van der Waals surface area contributed by atoms with Gasteiger partial charge in [0.1, 0.15) is 5.82 Å². The Morgan fingerprint density at radius 2 is 1.94 bits per heavy atom. The maximum atomic E-state index is 12.8. The van der Waals surface area contributed by atoms with Gasteiger partial charge in [0.05, 0.1) is 12.6 Å². The first-order valence-electron chi connectivity index (χ1n) is 6.29. The van der Waals surface area contributed by atoms with Crippen LogP contribution in [0.5, 0.6) is 0 Å². The number of aliphatic imine (C=N–C) groups is 1. The average molecular weight is 266 g/mol. The molecule has 0 bridgehead atoms. The molecule has 0 aliphatic carbocycles. The van der Waals surface area contributed by atoms with Crippen LogP contribution in [0.25, 0.3) is 0 Å². The molecule has 1 N–H and O–H groups in total. The van der Waals surface area contributed by atoms with E-state index in [2.05, 4.69) is 31.1 Å². The summed E-state index contributed by atoms with van der Waals surface area (Å²) in [5.74, 6) is 0.442. The van der Waals surface area contributed by atoms with Crippen LogP contribution in [-0.4, -0.2) is 17.0 Å². The Kier molecular flexibility index (Phi) is 4.27. The number of thioether (sulfide) groups is 1. The molecule has 1 aliphatic heterocycles. The van der Waals surface area contributed by atoms with Gasteiger partial charge in [-0.05, 0) is 30.5 Å². The van der Waals surface area contributed by atoms with Crippen molar-refractivity contribution < 1.29 is 4.39 Å². The summed E-state index contributed by atoms with van der Waals surface area (Å²) >= 11 is 1.81. The fourth-order valence-corrected chi connectivity index (χ4v) is 2.94. The number of nitrogens with one attached hydrogen (secondary N) is 1. The summed E-state index contributed by atoms with van der Waals surface area (Å²) in [6.45, 7) is 7.40. The molecular formula is C14H19FN2S. The number of hydrogen-bond acceptors (Lipinski definition) is 3. The van der Waals surface area contributed by atoms with Gasteiger partial charge in [0.25, 0.3) is 0 Å². The molecule has 2 unspecified atom stereocenters. The zero-order valence-electron chi connectivity index (χ0n) is 11.0. The molecule has 0 saturated heterocycles. The molecule has 0 radical (unpaired) electrons. The highest BCUT2D eigenvalue weighted by atomic mass is 32.2. The van der Waals surface area contributed by atoms with E-state index in [0.717, 1.165) is 17.3 Å². The zero-order chi connectivity index (χ0) is 13.1. The van der Waals surface area contributed by atoms with Crippen LogP contribution in [0.15, 0.2) is 29.3 Å². The lowest BCUT2D eigenvalue weighted by Gasteiger charge is -2.16. The lowest BCUT2D eigenvalue weighted by atomic mass is 10.1. The maximum absolute atomic E-state index is 12.8. The zero-order valence-corrected chi connectivity index (χ0v) is 11.8. The molecule has 2 rings (SSSR count). The van der Waals surface area contributed by atoms with E-state index in [0.29, 0.717) is 11.2 Å². The maximum Gasteiger partial charge on any atom is 0.157 e. The van der Waals surface area contributed by atoms with Crippen molar-refractivity contribution in [3.05, 3.63) is 35.6 Å². The van der Waals surface area contributed by atoms with Crippen molar-refractivity contribution in [2.45, 2.75) is 32.1 Å². The standard InChI is InChI=1S/C14H19FN2S/c1-9(2)13-8-16-14(18-13)17-10(3)11-4-6-12(15)7-5-11/h4-7,9-10,13H,8H2,1-3H3,(H,16,17). The van der Waals surface area contributed by atoms with Gasteiger partial charge < -0.3 is 5.32 Å². The summed E-state index contributed by atoms with van der Waals surface area (Å²) in [6, 6.07) is 6.77. The van der Waals surface area contributed by atoms with E-state index in [4.69, 9.17) is 0 Å². The highest BCUT2D eigenvalue weighted by Gasteiger charge is 2.23. The van der Waals surface area contributed by atoms with Gasteiger partial charge in [-0.2, -0.15) is 0 Å². The molecule has 2 nitrogen and oxygen atoms in total. The van der Waals surface area contributed by atoms with Gasteiger partial charge >= 0.3 is 0 Å². The van der Waals surface area contributed by atoms with E-state index in [9.17, 15) is 4.39 Å². The number of nitrogens with zero attached hydrogens (tertiary/aromatic N) is 1. The molecule has 1 aliphatic rings. The summed E-state index contributed by atoms with van der Waals surface area (Å²) in [5, 5.41) is 4.97. The molecule has 1 aromatic rings. The fraction of sp³-hybridized carbons (Fsp3) is 0.500.